The average molecular weight is 288 g/mol. The quantitative estimate of drug-likeness (QED) is 0.656. The number of hydrogen-bond acceptors (Lipinski definition) is 0. The van der Waals surface area contributed by atoms with Crippen molar-refractivity contribution in [2.75, 3.05) is 0 Å². The molecular weight excluding hydrogens is 264 g/mol. The van der Waals surface area contributed by atoms with Gasteiger partial charge in [-0.25, -0.2) is 0 Å². The van der Waals surface area contributed by atoms with E-state index in [4.69, 9.17) is 0 Å². The molecule has 2 aromatic carbocycles. The molecule has 0 fully saturated rings. The summed E-state index contributed by atoms with van der Waals surface area (Å²) in [4.78, 5) is 0. The Morgan fingerprint density at radius 3 is 1.73 bits per heavy atom. The first kappa shape index (κ1) is 14.8. The Kier molecular flexibility index (Phi) is 4.29. The minimum absolute atomic E-state index is 0.0700. The summed E-state index contributed by atoms with van der Waals surface area (Å²) in [7, 11) is 0. The molecule has 0 heterocycles. The van der Waals surface area contributed by atoms with E-state index in [1.165, 1.54) is 16.7 Å². The van der Waals surface area contributed by atoms with Gasteiger partial charge in [0.05, 0.1) is 0 Å². The molecule has 0 radical (unpaired) electrons. The van der Waals surface area contributed by atoms with Gasteiger partial charge in [0.1, 0.15) is 0 Å². The maximum absolute atomic E-state index is 2.43. The number of allylic oxidation sites excluding steroid dienone is 4. The third kappa shape index (κ3) is 2.43. The zero-order chi connectivity index (χ0) is 15.4. The molecule has 1 aliphatic carbocycles. The topological polar surface area (TPSA) is 0 Å². The third-order valence-corrected chi connectivity index (χ3v) is 4.77. The van der Waals surface area contributed by atoms with E-state index in [1.54, 1.807) is 0 Å². The van der Waals surface area contributed by atoms with Crippen LogP contribution in [0.2, 0.25) is 0 Å². The lowest BCUT2D eigenvalue weighted by molar-refractivity contribution is 0.434. The lowest BCUT2D eigenvalue weighted by atomic mass is 9.61. The molecule has 0 spiro atoms. The fraction of sp³-hybridized carbons (Fsp3) is 0.273. The van der Waals surface area contributed by atoms with Gasteiger partial charge in [-0.15, -0.1) is 0 Å². The van der Waals surface area contributed by atoms with Gasteiger partial charge in [-0.3, -0.25) is 0 Å². The number of rotatable bonds is 4. The first-order chi connectivity index (χ1) is 10.8. The van der Waals surface area contributed by atoms with Crippen LogP contribution in [0, 0.1) is 5.92 Å². The number of hydrogen-bond donors (Lipinski definition) is 0. The van der Waals surface area contributed by atoms with Gasteiger partial charge in [0, 0.05) is 5.41 Å². The van der Waals surface area contributed by atoms with Crippen LogP contribution in [-0.2, 0) is 5.41 Å². The summed E-state index contributed by atoms with van der Waals surface area (Å²) in [5.74, 6) is 0.478. The maximum atomic E-state index is 2.43. The van der Waals surface area contributed by atoms with Crippen molar-refractivity contribution >= 4 is 0 Å². The van der Waals surface area contributed by atoms with Crippen molar-refractivity contribution in [2.24, 2.45) is 5.92 Å². The zero-order valence-electron chi connectivity index (χ0n) is 13.5. The van der Waals surface area contributed by atoms with E-state index in [0.717, 1.165) is 12.8 Å². The van der Waals surface area contributed by atoms with Crippen molar-refractivity contribution in [1.29, 1.82) is 0 Å². The fourth-order valence-corrected chi connectivity index (χ4v) is 3.81. The molecule has 0 saturated carbocycles. The van der Waals surface area contributed by atoms with Gasteiger partial charge in [0.25, 0.3) is 0 Å². The van der Waals surface area contributed by atoms with Gasteiger partial charge >= 0.3 is 0 Å². The largest absolute Gasteiger partial charge is 0.0839 e. The lowest BCUT2D eigenvalue weighted by Gasteiger charge is -2.41. The molecule has 0 atom stereocenters. The smallest absolute Gasteiger partial charge is 0.0470 e. The van der Waals surface area contributed by atoms with Crippen molar-refractivity contribution in [2.45, 2.75) is 32.1 Å². The minimum Gasteiger partial charge on any atom is -0.0839 e. The van der Waals surface area contributed by atoms with Gasteiger partial charge in [0.15, 0.2) is 0 Å². The van der Waals surface area contributed by atoms with E-state index in [0.29, 0.717) is 5.92 Å². The molecule has 0 heteroatoms. The second kappa shape index (κ2) is 6.36. The number of benzene rings is 2. The van der Waals surface area contributed by atoms with Crippen LogP contribution < -0.4 is 0 Å². The summed E-state index contributed by atoms with van der Waals surface area (Å²) in [6.07, 6.45) is 9.38. The summed E-state index contributed by atoms with van der Waals surface area (Å²) in [5.41, 5.74) is 4.13. The molecule has 0 amide bonds. The monoisotopic (exact) mass is 288 g/mol. The highest BCUT2D eigenvalue weighted by Gasteiger charge is 2.40. The standard InChI is InChI=1S/C22H24/c1-18(2)22(19-12-6-3-7-13-19,20-14-8-4-9-15-20)21-16-10-5-11-17-21/h3-4,6-10,12-18H,5,11H2,1-2H3. The SMILES string of the molecule is CC(C)C(C1=CCCC=C1)(c1ccccc1)c1ccccc1. The van der Waals surface area contributed by atoms with Crippen molar-refractivity contribution in [3.8, 4) is 0 Å². The van der Waals surface area contributed by atoms with Crippen molar-refractivity contribution in [3.05, 3.63) is 95.6 Å². The van der Waals surface area contributed by atoms with Crippen LogP contribution in [0.25, 0.3) is 0 Å². The Labute approximate surface area is 134 Å². The van der Waals surface area contributed by atoms with E-state index in [2.05, 4.69) is 92.7 Å². The Hall–Kier alpha value is -2.08. The molecular formula is C22H24. The molecule has 0 aliphatic heterocycles. The summed E-state index contributed by atoms with van der Waals surface area (Å²) in [6, 6.07) is 21.9. The lowest BCUT2D eigenvalue weighted by Crippen LogP contribution is -2.36. The molecule has 0 N–H and O–H groups in total. The molecule has 0 nitrogen and oxygen atoms in total. The zero-order valence-corrected chi connectivity index (χ0v) is 13.5. The van der Waals surface area contributed by atoms with Crippen molar-refractivity contribution in [3.63, 3.8) is 0 Å². The second-order valence-corrected chi connectivity index (χ2v) is 6.33. The van der Waals surface area contributed by atoms with Gasteiger partial charge in [-0.1, -0.05) is 92.7 Å². The predicted molar refractivity (Wildman–Crippen MR) is 95.0 cm³/mol. The van der Waals surface area contributed by atoms with Gasteiger partial charge in [-0.05, 0) is 35.5 Å². The first-order valence-corrected chi connectivity index (χ1v) is 8.24. The van der Waals surface area contributed by atoms with Crippen LogP contribution in [0.4, 0.5) is 0 Å². The molecule has 22 heavy (non-hydrogen) atoms. The molecule has 0 unspecified atom stereocenters. The summed E-state index contributed by atoms with van der Waals surface area (Å²) in [5, 5.41) is 0. The molecule has 112 valence electrons. The Bertz CT molecular complexity index is 620. The average Bonchev–Trinajstić information content (AvgIpc) is 2.58. The molecule has 3 rings (SSSR count). The highest BCUT2D eigenvalue weighted by Crippen LogP contribution is 2.46. The van der Waals surface area contributed by atoms with Gasteiger partial charge < -0.3 is 0 Å². The summed E-state index contributed by atoms with van der Waals surface area (Å²) >= 11 is 0. The Morgan fingerprint density at radius 2 is 1.32 bits per heavy atom. The van der Waals surface area contributed by atoms with E-state index in [9.17, 15) is 0 Å². The third-order valence-electron chi connectivity index (χ3n) is 4.77. The van der Waals surface area contributed by atoms with Crippen LogP contribution in [-0.4, -0.2) is 0 Å². The first-order valence-electron chi connectivity index (χ1n) is 8.24. The normalized spacial score (nSPS) is 15.0. The fourth-order valence-electron chi connectivity index (χ4n) is 3.81. The van der Waals surface area contributed by atoms with E-state index < -0.39 is 0 Å². The molecule has 0 aromatic heterocycles. The van der Waals surface area contributed by atoms with Crippen LogP contribution in [0.3, 0.4) is 0 Å². The maximum Gasteiger partial charge on any atom is 0.0470 e. The highest BCUT2D eigenvalue weighted by atomic mass is 14.4. The highest BCUT2D eigenvalue weighted by molar-refractivity contribution is 5.53. The van der Waals surface area contributed by atoms with Gasteiger partial charge in [-0.2, -0.15) is 0 Å². The van der Waals surface area contributed by atoms with E-state index >= 15 is 0 Å². The van der Waals surface area contributed by atoms with Crippen LogP contribution in [0.15, 0.2) is 84.5 Å². The molecule has 0 bridgehead atoms. The molecule has 1 aliphatic rings. The van der Waals surface area contributed by atoms with E-state index in [1.807, 2.05) is 0 Å². The minimum atomic E-state index is -0.0700. The van der Waals surface area contributed by atoms with Crippen molar-refractivity contribution in [1.82, 2.24) is 0 Å². The second-order valence-electron chi connectivity index (χ2n) is 6.33. The predicted octanol–water partition coefficient (Wildman–Crippen LogP) is 5.91. The van der Waals surface area contributed by atoms with Crippen LogP contribution in [0.5, 0.6) is 0 Å². The summed E-state index contributed by atoms with van der Waals surface area (Å²) < 4.78 is 0. The Balaban J connectivity index is 2.29. The molecule has 0 saturated heterocycles. The van der Waals surface area contributed by atoms with Crippen LogP contribution >= 0.6 is 0 Å². The Morgan fingerprint density at radius 1 is 0.773 bits per heavy atom. The van der Waals surface area contributed by atoms with Crippen LogP contribution in [0.1, 0.15) is 37.8 Å². The van der Waals surface area contributed by atoms with Crippen molar-refractivity contribution < 1.29 is 0 Å². The van der Waals surface area contributed by atoms with Gasteiger partial charge in [0.2, 0.25) is 0 Å². The summed E-state index contributed by atoms with van der Waals surface area (Å²) in [6.45, 7) is 4.67. The molecule has 2 aromatic rings. The van der Waals surface area contributed by atoms with E-state index in [-0.39, 0.29) is 5.41 Å².